The van der Waals surface area contributed by atoms with Gasteiger partial charge in [0.15, 0.2) is 6.29 Å². The maximum atomic E-state index is 6.62. The molecule has 7 atom stereocenters. The SMILES string of the molecule is C[C@]12CCC3c4ccc(OCC5CCCCO5)cc4CCC3C1CCC2OC1CCCCO1. The first-order valence-corrected chi connectivity index (χ1v) is 13.8. The van der Waals surface area contributed by atoms with Crippen molar-refractivity contribution in [1.82, 2.24) is 0 Å². The number of benzene rings is 1. The fourth-order valence-electron chi connectivity index (χ4n) is 7.95. The van der Waals surface area contributed by atoms with Gasteiger partial charge in [0, 0.05) is 13.2 Å². The molecule has 4 heteroatoms. The van der Waals surface area contributed by atoms with E-state index in [9.17, 15) is 0 Å². The third-order valence-electron chi connectivity index (χ3n) is 9.77. The standard InChI is InChI=1S/C29H42O4/c1-29-15-14-24-23-11-9-21(32-19-22-6-2-4-16-30-22)18-20(23)8-10-25(24)26(29)12-13-27(29)33-28-7-3-5-17-31-28/h9,11,18,22,24-28H,2-8,10,12-17,19H2,1H3/t22?,24?,25?,26?,27?,28?,29-/m0/s1. The van der Waals surface area contributed by atoms with Gasteiger partial charge < -0.3 is 18.9 Å². The minimum atomic E-state index is 0.0431. The Hall–Kier alpha value is -1.10. The van der Waals surface area contributed by atoms with Gasteiger partial charge in [0.05, 0.1) is 12.2 Å². The molecule has 33 heavy (non-hydrogen) atoms. The predicted octanol–water partition coefficient (Wildman–Crippen LogP) is 6.40. The molecule has 1 aromatic carbocycles. The largest absolute Gasteiger partial charge is 0.491 e. The van der Waals surface area contributed by atoms with Gasteiger partial charge in [-0.1, -0.05) is 13.0 Å². The van der Waals surface area contributed by atoms with E-state index >= 15 is 0 Å². The summed E-state index contributed by atoms with van der Waals surface area (Å²) in [5, 5.41) is 0. The topological polar surface area (TPSA) is 36.9 Å². The van der Waals surface area contributed by atoms with Gasteiger partial charge in [-0.2, -0.15) is 0 Å². The highest BCUT2D eigenvalue weighted by Crippen LogP contribution is 2.61. The third kappa shape index (κ3) is 4.36. The summed E-state index contributed by atoms with van der Waals surface area (Å²) >= 11 is 0. The lowest BCUT2D eigenvalue weighted by Gasteiger charge is -2.51. The molecule has 4 nitrogen and oxygen atoms in total. The van der Waals surface area contributed by atoms with Crippen LogP contribution in [0.25, 0.3) is 0 Å². The van der Waals surface area contributed by atoms with E-state index in [0.717, 1.165) is 43.6 Å². The van der Waals surface area contributed by atoms with Crippen molar-refractivity contribution < 1.29 is 18.9 Å². The molecule has 0 N–H and O–H groups in total. The lowest BCUT2D eigenvalue weighted by molar-refractivity contribution is -0.212. The molecule has 2 saturated carbocycles. The second-order valence-electron chi connectivity index (χ2n) is 11.6. The number of ether oxygens (including phenoxy) is 4. The average molecular weight is 455 g/mol. The Balaban J connectivity index is 1.12. The number of rotatable bonds is 5. The molecule has 5 aliphatic rings. The summed E-state index contributed by atoms with van der Waals surface area (Å²) in [6.07, 6.45) is 15.4. The summed E-state index contributed by atoms with van der Waals surface area (Å²) in [7, 11) is 0. The van der Waals surface area contributed by atoms with Gasteiger partial charge in [0.2, 0.25) is 0 Å². The predicted molar refractivity (Wildman–Crippen MR) is 129 cm³/mol. The molecule has 0 amide bonds. The van der Waals surface area contributed by atoms with Crippen molar-refractivity contribution in [3.63, 3.8) is 0 Å². The van der Waals surface area contributed by atoms with E-state index in [1.165, 1.54) is 69.8 Å². The van der Waals surface area contributed by atoms with Gasteiger partial charge in [-0.25, -0.2) is 0 Å². The number of aryl methyl sites for hydroxylation is 1. The summed E-state index contributed by atoms with van der Waals surface area (Å²) in [4.78, 5) is 0. The van der Waals surface area contributed by atoms with Gasteiger partial charge in [-0.15, -0.1) is 0 Å². The second-order valence-corrected chi connectivity index (χ2v) is 11.6. The van der Waals surface area contributed by atoms with Crippen molar-refractivity contribution in [3.8, 4) is 5.75 Å². The van der Waals surface area contributed by atoms with Crippen LogP contribution in [0, 0.1) is 17.3 Å². The lowest BCUT2D eigenvalue weighted by atomic mass is 9.55. The van der Waals surface area contributed by atoms with Crippen molar-refractivity contribution in [3.05, 3.63) is 29.3 Å². The van der Waals surface area contributed by atoms with E-state index < -0.39 is 0 Å². The van der Waals surface area contributed by atoms with Crippen molar-refractivity contribution in [2.24, 2.45) is 17.3 Å². The first kappa shape index (κ1) is 22.4. The molecule has 6 rings (SSSR count). The molecule has 4 fully saturated rings. The molecular weight excluding hydrogens is 412 g/mol. The minimum Gasteiger partial charge on any atom is -0.491 e. The fraction of sp³-hybridized carbons (Fsp3) is 0.793. The van der Waals surface area contributed by atoms with Crippen LogP contribution >= 0.6 is 0 Å². The van der Waals surface area contributed by atoms with Gasteiger partial charge in [-0.05, 0) is 123 Å². The van der Waals surface area contributed by atoms with Crippen LogP contribution in [-0.2, 0) is 20.6 Å². The molecule has 0 spiro atoms. The molecule has 2 saturated heterocycles. The summed E-state index contributed by atoms with van der Waals surface area (Å²) in [6.45, 7) is 4.99. The molecule has 0 radical (unpaired) electrons. The molecule has 1 aromatic rings. The summed E-state index contributed by atoms with van der Waals surface area (Å²) in [6, 6.07) is 6.95. The molecular formula is C29H42O4. The third-order valence-corrected chi connectivity index (χ3v) is 9.77. The van der Waals surface area contributed by atoms with E-state index in [2.05, 4.69) is 25.1 Å². The van der Waals surface area contributed by atoms with Crippen molar-refractivity contribution >= 4 is 0 Å². The molecule has 0 aromatic heterocycles. The van der Waals surface area contributed by atoms with E-state index in [1.54, 1.807) is 5.56 Å². The Bertz CT molecular complexity index is 812. The second kappa shape index (κ2) is 9.51. The number of hydrogen-bond acceptors (Lipinski definition) is 4. The van der Waals surface area contributed by atoms with Crippen LogP contribution in [0.2, 0.25) is 0 Å². The van der Waals surface area contributed by atoms with Crippen LogP contribution in [0.15, 0.2) is 18.2 Å². The summed E-state index contributed by atoms with van der Waals surface area (Å²) in [5.41, 5.74) is 3.46. The molecule has 2 heterocycles. The maximum absolute atomic E-state index is 6.62. The number of hydrogen-bond donors (Lipinski definition) is 0. The molecule has 2 aliphatic heterocycles. The van der Waals surface area contributed by atoms with Gasteiger partial charge in [0.1, 0.15) is 12.4 Å². The zero-order valence-corrected chi connectivity index (χ0v) is 20.4. The Morgan fingerprint density at radius 2 is 1.82 bits per heavy atom. The Morgan fingerprint density at radius 1 is 0.939 bits per heavy atom. The van der Waals surface area contributed by atoms with Crippen LogP contribution in [0.4, 0.5) is 0 Å². The highest BCUT2D eigenvalue weighted by Gasteiger charge is 2.55. The van der Waals surface area contributed by atoms with E-state index in [-0.39, 0.29) is 12.4 Å². The molecule has 6 unspecified atom stereocenters. The van der Waals surface area contributed by atoms with E-state index in [0.29, 0.717) is 24.0 Å². The highest BCUT2D eigenvalue weighted by molar-refractivity contribution is 5.40. The van der Waals surface area contributed by atoms with Crippen molar-refractivity contribution in [2.45, 2.75) is 108 Å². The molecule has 182 valence electrons. The van der Waals surface area contributed by atoms with E-state index in [4.69, 9.17) is 18.9 Å². The van der Waals surface area contributed by atoms with Crippen LogP contribution in [0.5, 0.6) is 5.75 Å². The molecule has 0 bridgehead atoms. The van der Waals surface area contributed by atoms with Crippen LogP contribution < -0.4 is 4.74 Å². The van der Waals surface area contributed by atoms with Crippen LogP contribution in [0.3, 0.4) is 0 Å². The van der Waals surface area contributed by atoms with Crippen LogP contribution in [-0.4, -0.2) is 38.3 Å². The Morgan fingerprint density at radius 3 is 2.64 bits per heavy atom. The first-order chi connectivity index (χ1) is 16.2. The zero-order valence-electron chi connectivity index (χ0n) is 20.4. The van der Waals surface area contributed by atoms with Crippen molar-refractivity contribution in [2.75, 3.05) is 19.8 Å². The quantitative estimate of drug-likeness (QED) is 0.516. The Kier molecular flexibility index (Phi) is 6.45. The smallest absolute Gasteiger partial charge is 0.157 e. The van der Waals surface area contributed by atoms with Crippen LogP contribution in [0.1, 0.15) is 94.6 Å². The average Bonchev–Trinajstić information content (AvgIpc) is 3.19. The van der Waals surface area contributed by atoms with Gasteiger partial charge in [-0.3, -0.25) is 0 Å². The van der Waals surface area contributed by atoms with Gasteiger partial charge >= 0.3 is 0 Å². The normalized spacial score (nSPS) is 40.5. The summed E-state index contributed by atoms with van der Waals surface area (Å²) < 4.78 is 24.6. The monoisotopic (exact) mass is 454 g/mol. The molecule has 3 aliphatic carbocycles. The summed E-state index contributed by atoms with van der Waals surface area (Å²) in [5.74, 6) is 3.34. The number of fused-ring (bicyclic) bond motifs is 5. The lowest BCUT2D eigenvalue weighted by Crippen LogP contribution is -2.46. The Labute approximate surface area is 199 Å². The first-order valence-electron chi connectivity index (χ1n) is 13.8. The van der Waals surface area contributed by atoms with Crippen molar-refractivity contribution in [1.29, 1.82) is 0 Å². The minimum absolute atomic E-state index is 0.0431. The van der Waals surface area contributed by atoms with E-state index in [1.807, 2.05) is 0 Å². The zero-order chi connectivity index (χ0) is 22.3. The highest BCUT2D eigenvalue weighted by atomic mass is 16.7. The van der Waals surface area contributed by atoms with Gasteiger partial charge in [0.25, 0.3) is 0 Å². The maximum Gasteiger partial charge on any atom is 0.157 e. The fourth-order valence-corrected chi connectivity index (χ4v) is 7.95.